The van der Waals surface area contributed by atoms with E-state index in [0.717, 1.165) is 26.3 Å². The molecule has 0 spiro atoms. The molecule has 0 aliphatic carbocycles. The van der Waals surface area contributed by atoms with Crippen molar-refractivity contribution in [3.63, 3.8) is 0 Å². The van der Waals surface area contributed by atoms with Crippen LogP contribution in [0.25, 0.3) is 0 Å². The number of ether oxygens (including phenoxy) is 2. The van der Waals surface area contributed by atoms with Crippen molar-refractivity contribution in [2.45, 2.75) is 53.0 Å². The van der Waals surface area contributed by atoms with Crippen molar-refractivity contribution in [3.05, 3.63) is 18.7 Å². The molecule has 98 valence electrons. The Morgan fingerprint density at radius 2 is 1.71 bits per heavy atom. The Labute approximate surface area is 104 Å². The minimum atomic E-state index is 0.303. The fraction of sp³-hybridized carbons (Fsp3) is 0.769. The molecule has 1 aromatic rings. The van der Waals surface area contributed by atoms with Crippen LogP contribution in [0.4, 0.5) is 0 Å². The second kappa shape index (κ2) is 7.45. The first-order chi connectivity index (χ1) is 8.08. The van der Waals surface area contributed by atoms with E-state index in [4.69, 9.17) is 9.47 Å². The fourth-order valence-corrected chi connectivity index (χ4v) is 1.49. The van der Waals surface area contributed by atoms with Crippen molar-refractivity contribution in [1.82, 2.24) is 4.57 Å². The largest absolute Gasteiger partial charge is 0.375 e. The third-order valence-corrected chi connectivity index (χ3v) is 2.35. The molecule has 0 aromatic carbocycles. The van der Waals surface area contributed by atoms with Crippen LogP contribution in [0, 0.1) is 0 Å². The molecule has 0 N–H and O–H groups in total. The molecule has 0 aliphatic heterocycles. The molecule has 0 saturated heterocycles. The molecular weight excluding hydrogens is 216 g/mol. The molecule has 0 radical (unpaired) electrons. The molecule has 0 bridgehead atoms. The maximum absolute atomic E-state index is 5.51. The summed E-state index contributed by atoms with van der Waals surface area (Å²) in [5, 5.41) is 0. The summed E-state index contributed by atoms with van der Waals surface area (Å²) in [6.07, 6.45) is 6.83. The molecule has 0 aliphatic rings. The van der Waals surface area contributed by atoms with Crippen LogP contribution in [0.15, 0.2) is 18.7 Å². The predicted octanol–water partition coefficient (Wildman–Crippen LogP) is 1.63. The van der Waals surface area contributed by atoms with Crippen LogP contribution in [0.2, 0.25) is 0 Å². The number of nitrogens with zero attached hydrogens (tertiary/aromatic N) is 2. The summed E-state index contributed by atoms with van der Waals surface area (Å²) in [7, 11) is 0. The smallest absolute Gasteiger partial charge is 0.243 e. The maximum Gasteiger partial charge on any atom is 0.243 e. The van der Waals surface area contributed by atoms with Gasteiger partial charge in [0.05, 0.1) is 25.4 Å². The zero-order valence-electron chi connectivity index (χ0n) is 11.4. The van der Waals surface area contributed by atoms with Gasteiger partial charge in [0.25, 0.3) is 0 Å². The van der Waals surface area contributed by atoms with Crippen molar-refractivity contribution in [2.24, 2.45) is 0 Å². The molecule has 1 rings (SSSR count). The number of aromatic nitrogens is 2. The molecule has 0 amide bonds. The number of rotatable bonds is 8. The minimum absolute atomic E-state index is 0.303. The summed E-state index contributed by atoms with van der Waals surface area (Å²) in [6.45, 7) is 11.5. The van der Waals surface area contributed by atoms with Crippen molar-refractivity contribution >= 4 is 0 Å². The SMILES string of the molecule is CC(C)OCCn1cc[n+](CCOC(C)C)c1. The van der Waals surface area contributed by atoms with Crippen LogP contribution < -0.4 is 4.57 Å². The van der Waals surface area contributed by atoms with E-state index in [0.29, 0.717) is 12.2 Å². The van der Waals surface area contributed by atoms with Gasteiger partial charge in [0, 0.05) is 0 Å². The molecule has 4 heteroatoms. The van der Waals surface area contributed by atoms with Crippen molar-refractivity contribution in [3.8, 4) is 0 Å². The van der Waals surface area contributed by atoms with Gasteiger partial charge in [0.1, 0.15) is 25.5 Å². The normalized spacial score (nSPS) is 11.6. The Bertz CT molecular complexity index is 280. The number of hydrogen-bond acceptors (Lipinski definition) is 2. The van der Waals surface area contributed by atoms with Gasteiger partial charge in [-0.1, -0.05) is 0 Å². The van der Waals surface area contributed by atoms with Crippen LogP contribution in [0.3, 0.4) is 0 Å². The van der Waals surface area contributed by atoms with Gasteiger partial charge in [-0.2, -0.15) is 0 Å². The number of hydrogen-bond donors (Lipinski definition) is 0. The van der Waals surface area contributed by atoms with Gasteiger partial charge in [-0.15, -0.1) is 0 Å². The van der Waals surface area contributed by atoms with E-state index in [9.17, 15) is 0 Å². The molecule has 0 fully saturated rings. The van der Waals surface area contributed by atoms with E-state index in [2.05, 4.69) is 55.6 Å². The summed E-state index contributed by atoms with van der Waals surface area (Å²) in [6, 6.07) is 0. The Hall–Kier alpha value is -0.870. The zero-order valence-corrected chi connectivity index (χ0v) is 11.4. The lowest BCUT2D eigenvalue weighted by Crippen LogP contribution is -2.34. The average Bonchev–Trinajstić information content (AvgIpc) is 2.65. The first-order valence-electron chi connectivity index (χ1n) is 6.36. The highest BCUT2D eigenvalue weighted by molar-refractivity contribution is 4.65. The van der Waals surface area contributed by atoms with Gasteiger partial charge in [-0.05, 0) is 27.7 Å². The molecule has 4 nitrogen and oxygen atoms in total. The third kappa shape index (κ3) is 6.44. The predicted molar refractivity (Wildman–Crippen MR) is 66.8 cm³/mol. The first kappa shape index (κ1) is 14.2. The van der Waals surface area contributed by atoms with Gasteiger partial charge < -0.3 is 9.47 Å². The fourth-order valence-electron chi connectivity index (χ4n) is 1.49. The highest BCUT2D eigenvalue weighted by Crippen LogP contribution is 1.91. The standard InChI is InChI=1S/C13H25N2O2/c1-12(2)16-9-7-14-5-6-15(11-14)8-10-17-13(3)4/h5-6,11-13H,7-10H2,1-4H3/q+1. The Kier molecular flexibility index (Phi) is 6.22. The van der Waals surface area contributed by atoms with Gasteiger partial charge >= 0.3 is 0 Å². The third-order valence-electron chi connectivity index (χ3n) is 2.35. The van der Waals surface area contributed by atoms with Gasteiger partial charge in [-0.3, -0.25) is 0 Å². The second-order valence-electron chi connectivity index (χ2n) is 4.73. The highest BCUT2D eigenvalue weighted by atomic mass is 16.5. The lowest BCUT2D eigenvalue weighted by Gasteiger charge is -2.05. The van der Waals surface area contributed by atoms with Gasteiger partial charge in [0.2, 0.25) is 6.33 Å². The minimum Gasteiger partial charge on any atom is -0.375 e. The summed E-state index contributed by atoms with van der Waals surface area (Å²) >= 11 is 0. The van der Waals surface area contributed by atoms with Crippen molar-refractivity contribution in [2.75, 3.05) is 13.2 Å². The molecule has 0 atom stereocenters. The van der Waals surface area contributed by atoms with E-state index >= 15 is 0 Å². The Morgan fingerprint density at radius 1 is 1.06 bits per heavy atom. The molecule has 0 unspecified atom stereocenters. The van der Waals surface area contributed by atoms with E-state index < -0.39 is 0 Å². The van der Waals surface area contributed by atoms with Crippen LogP contribution in [0.1, 0.15) is 27.7 Å². The monoisotopic (exact) mass is 241 g/mol. The van der Waals surface area contributed by atoms with Crippen LogP contribution in [-0.2, 0) is 22.6 Å². The van der Waals surface area contributed by atoms with Crippen LogP contribution in [0.5, 0.6) is 0 Å². The number of imidazole rings is 1. The zero-order chi connectivity index (χ0) is 12.7. The Morgan fingerprint density at radius 3 is 2.35 bits per heavy atom. The molecular formula is C13H25N2O2+. The molecule has 1 aromatic heterocycles. The van der Waals surface area contributed by atoms with E-state index in [1.807, 2.05) is 0 Å². The first-order valence-corrected chi connectivity index (χ1v) is 6.36. The summed E-state index contributed by atoms with van der Waals surface area (Å²) in [5.74, 6) is 0. The molecule has 0 saturated carbocycles. The van der Waals surface area contributed by atoms with Crippen LogP contribution >= 0.6 is 0 Å². The summed E-state index contributed by atoms with van der Waals surface area (Å²) in [4.78, 5) is 0. The van der Waals surface area contributed by atoms with Crippen molar-refractivity contribution < 1.29 is 14.0 Å². The van der Waals surface area contributed by atoms with Crippen LogP contribution in [-0.4, -0.2) is 30.0 Å². The maximum atomic E-state index is 5.51. The highest BCUT2D eigenvalue weighted by Gasteiger charge is 2.04. The van der Waals surface area contributed by atoms with E-state index in [-0.39, 0.29) is 0 Å². The summed E-state index contributed by atoms with van der Waals surface area (Å²) < 4.78 is 15.3. The lowest BCUT2D eigenvalue weighted by molar-refractivity contribution is -0.698. The molecule has 17 heavy (non-hydrogen) atoms. The lowest BCUT2D eigenvalue weighted by atomic mass is 10.5. The average molecular weight is 241 g/mol. The second-order valence-corrected chi connectivity index (χ2v) is 4.73. The van der Waals surface area contributed by atoms with E-state index in [1.165, 1.54) is 0 Å². The van der Waals surface area contributed by atoms with Gasteiger partial charge in [0.15, 0.2) is 0 Å². The van der Waals surface area contributed by atoms with Gasteiger partial charge in [-0.25, -0.2) is 9.13 Å². The summed E-state index contributed by atoms with van der Waals surface area (Å²) in [5.41, 5.74) is 0. The topological polar surface area (TPSA) is 27.3 Å². The van der Waals surface area contributed by atoms with Crippen molar-refractivity contribution in [1.29, 1.82) is 0 Å². The quantitative estimate of drug-likeness (QED) is 0.647. The Balaban J connectivity index is 2.23. The van der Waals surface area contributed by atoms with E-state index in [1.54, 1.807) is 0 Å². The molecule has 1 heterocycles.